The summed E-state index contributed by atoms with van der Waals surface area (Å²) in [4.78, 5) is 16.5. The molecule has 0 amide bonds. The zero-order chi connectivity index (χ0) is 21.1. The first kappa shape index (κ1) is 19.0. The van der Waals surface area contributed by atoms with Crippen molar-refractivity contribution in [2.75, 3.05) is 12.4 Å². The van der Waals surface area contributed by atoms with E-state index in [4.69, 9.17) is 9.15 Å². The van der Waals surface area contributed by atoms with Gasteiger partial charge in [0.15, 0.2) is 5.76 Å². The van der Waals surface area contributed by atoms with Gasteiger partial charge in [-0.05, 0) is 42.8 Å². The number of nitrogens with zero attached hydrogens (tertiary/aromatic N) is 3. The van der Waals surface area contributed by atoms with E-state index in [0.717, 1.165) is 17.0 Å². The smallest absolute Gasteiger partial charge is 0.299 e. The molecule has 0 radical (unpaired) electrons. The summed E-state index contributed by atoms with van der Waals surface area (Å²) in [5.41, 5.74) is 3.25. The molecule has 0 unspecified atom stereocenters. The molecular formula is C23H18N4O3. The summed E-state index contributed by atoms with van der Waals surface area (Å²) in [6.07, 6.45) is 3.23. The number of pyridine rings is 1. The molecule has 4 rings (SSSR count). The third-order valence-electron chi connectivity index (χ3n) is 4.62. The van der Waals surface area contributed by atoms with E-state index in [1.807, 2.05) is 25.1 Å². The van der Waals surface area contributed by atoms with Gasteiger partial charge in [0.1, 0.15) is 5.75 Å². The largest absolute Gasteiger partial charge is 0.497 e. The van der Waals surface area contributed by atoms with Crippen molar-refractivity contribution in [1.82, 2.24) is 9.55 Å². The molecule has 7 nitrogen and oxygen atoms in total. The SMILES string of the molecule is COc1ccc(C)c(Nc2ncc(-c3cc(C#N)cc(-n4ccccc4=O)c3)o2)c1. The summed E-state index contributed by atoms with van der Waals surface area (Å²) in [6.45, 7) is 1.96. The number of hydrogen-bond donors (Lipinski definition) is 1. The Bertz CT molecular complexity index is 1310. The quantitative estimate of drug-likeness (QED) is 0.535. The molecule has 0 aliphatic heterocycles. The number of anilines is 2. The second-order valence-electron chi connectivity index (χ2n) is 6.62. The summed E-state index contributed by atoms with van der Waals surface area (Å²) in [6, 6.07) is 18.1. The Morgan fingerprint density at radius 3 is 2.80 bits per heavy atom. The third kappa shape index (κ3) is 3.80. The zero-order valence-corrected chi connectivity index (χ0v) is 16.4. The van der Waals surface area contributed by atoms with Crippen LogP contribution in [0.1, 0.15) is 11.1 Å². The van der Waals surface area contributed by atoms with Crippen molar-refractivity contribution in [3.05, 3.63) is 88.5 Å². The summed E-state index contributed by atoms with van der Waals surface area (Å²) < 4.78 is 12.6. The maximum absolute atomic E-state index is 12.2. The Morgan fingerprint density at radius 1 is 1.17 bits per heavy atom. The van der Waals surface area contributed by atoms with E-state index in [9.17, 15) is 10.1 Å². The molecule has 0 fully saturated rings. The standard InChI is InChI=1S/C23H18N4O3/c1-15-6-7-19(29-2)12-20(15)26-23-25-14-21(30-23)17-9-16(13-24)10-18(11-17)27-8-4-3-5-22(27)28/h3-12,14H,1-2H3,(H,25,26). The summed E-state index contributed by atoms with van der Waals surface area (Å²) in [7, 11) is 1.61. The van der Waals surface area contributed by atoms with E-state index in [0.29, 0.717) is 28.6 Å². The maximum Gasteiger partial charge on any atom is 0.299 e. The van der Waals surface area contributed by atoms with Gasteiger partial charge in [-0.25, -0.2) is 4.98 Å². The number of hydrogen-bond acceptors (Lipinski definition) is 6. The molecule has 148 valence electrons. The second kappa shape index (κ2) is 7.97. The molecule has 30 heavy (non-hydrogen) atoms. The molecule has 0 spiro atoms. The summed E-state index contributed by atoms with van der Waals surface area (Å²) in [5, 5.41) is 12.6. The summed E-state index contributed by atoms with van der Waals surface area (Å²) >= 11 is 0. The van der Waals surface area contributed by atoms with Crippen molar-refractivity contribution >= 4 is 11.7 Å². The average molecular weight is 398 g/mol. The lowest BCUT2D eigenvalue weighted by Gasteiger charge is -2.09. The fourth-order valence-corrected chi connectivity index (χ4v) is 3.04. The molecule has 0 saturated heterocycles. The third-order valence-corrected chi connectivity index (χ3v) is 4.62. The van der Waals surface area contributed by atoms with Crippen LogP contribution in [0.3, 0.4) is 0 Å². The van der Waals surface area contributed by atoms with Gasteiger partial charge in [0.05, 0.1) is 30.6 Å². The zero-order valence-electron chi connectivity index (χ0n) is 16.4. The lowest BCUT2D eigenvalue weighted by atomic mass is 10.1. The number of nitrogens with one attached hydrogen (secondary N) is 1. The predicted molar refractivity (Wildman–Crippen MR) is 113 cm³/mol. The number of aryl methyl sites for hydroxylation is 1. The van der Waals surface area contributed by atoms with Crippen molar-refractivity contribution in [1.29, 1.82) is 5.26 Å². The Labute approximate surface area is 172 Å². The Kier molecular flexibility index (Phi) is 5.06. The number of aromatic nitrogens is 2. The summed E-state index contributed by atoms with van der Waals surface area (Å²) in [5.74, 6) is 1.19. The highest BCUT2D eigenvalue weighted by molar-refractivity contribution is 5.66. The maximum atomic E-state index is 12.2. The van der Waals surface area contributed by atoms with Gasteiger partial charge < -0.3 is 14.5 Å². The minimum atomic E-state index is -0.188. The van der Waals surface area contributed by atoms with Gasteiger partial charge in [-0.1, -0.05) is 12.1 Å². The molecule has 0 bridgehead atoms. The number of nitriles is 1. The number of oxazole rings is 1. The van der Waals surface area contributed by atoms with E-state index in [1.165, 1.54) is 10.6 Å². The highest BCUT2D eigenvalue weighted by atomic mass is 16.5. The van der Waals surface area contributed by atoms with Crippen LogP contribution in [-0.4, -0.2) is 16.7 Å². The molecule has 0 aliphatic carbocycles. The lowest BCUT2D eigenvalue weighted by molar-refractivity contribution is 0.415. The highest BCUT2D eigenvalue weighted by Crippen LogP contribution is 2.29. The molecule has 2 heterocycles. The molecular weight excluding hydrogens is 380 g/mol. The van der Waals surface area contributed by atoms with Gasteiger partial charge in [0.2, 0.25) is 0 Å². The molecule has 4 aromatic rings. The van der Waals surface area contributed by atoms with Gasteiger partial charge in [-0.15, -0.1) is 0 Å². The Morgan fingerprint density at radius 2 is 2.03 bits per heavy atom. The van der Waals surface area contributed by atoms with E-state index in [2.05, 4.69) is 16.4 Å². The van der Waals surface area contributed by atoms with Crippen LogP contribution >= 0.6 is 0 Å². The van der Waals surface area contributed by atoms with Crippen molar-refractivity contribution in [3.8, 4) is 28.8 Å². The van der Waals surface area contributed by atoms with Gasteiger partial charge in [-0.3, -0.25) is 9.36 Å². The highest BCUT2D eigenvalue weighted by Gasteiger charge is 2.12. The average Bonchev–Trinajstić information content (AvgIpc) is 3.24. The fourth-order valence-electron chi connectivity index (χ4n) is 3.04. The number of ether oxygens (including phenoxy) is 1. The van der Waals surface area contributed by atoms with E-state index in [1.54, 1.807) is 49.8 Å². The van der Waals surface area contributed by atoms with Crippen LogP contribution in [0.4, 0.5) is 11.7 Å². The van der Waals surface area contributed by atoms with Crippen LogP contribution in [0.2, 0.25) is 0 Å². The van der Waals surface area contributed by atoms with E-state index in [-0.39, 0.29) is 5.56 Å². The molecule has 2 aromatic carbocycles. The molecule has 0 atom stereocenters. The first-order valence-corrected chi connectivity index (χ1v) is 9.18. The first-order valence-electron chi connectivity index (χ1n) is 9.18. The van der Waals surface area contributed by atoms with Crippen molar-refractivity contribution in [3.63, 3.8) is 0 Å². The van der Waals surface area contributed by atoms with Gasteiger partial charge in [0, 0.05) is 29.6 Å². The minimum absolute atomic E-state index is 0.188. The van der Waals surface area contributed by atoms with Gasteiger partial charge >= 0.3 is 0 Å². The Balaban J connectivity index is 1.70. The topological polar surface area (TPSA) is 93.1 Å². The second-order valence-corrected chi connectivity index (χ2v) is 6.62. The molecule has 1 N–H and O–H groups in total. The Hall–Kier alpha value is -4.31. The van der Waals surface area contributed by atoms with Crippen molar-refractivity contribution < 1.29 is 9.15 Å². The monoisotopic (exact) mass is 398 g/mol. The van der Waals surface area contributed by atoms with Crippen LogP contribution in [-0.2, 0) is 0 Å². The van der Waals surface area contributed by atoms with E-state index < -0.39 is 0 Å². The number of benzene rings is 2. The van der Waals surface area contributed by atoms with Gasteiger partial charge in [-0.2, -0.15) is 5.26 Å². The first-order chi connectivity index (χ1) is 14.6. The van der Waals surface area contributed by atoms with Crippen molar-refractivity contribution in [2.45, 2.75) is 6.92 Å². The lowest BCUT2D eigenvalue weighted by Crippen LogP contribution is -2.15. The van der Waals surface area contributed by atoms with E-state index >= 15 is 0 Å². The molecule has 7 heteroatoms. The fraction of sp³-hybridized carbons (Fsp3) is 0.0870. The van der Waals surface area contributed by atoms with Gasteiger partial charge in [0.25, 0.3) is 11.6 Å². The van der Waals surface area contributed by atoms with Crippen LogP contribution in [0.5, 0.6) is 5.75 Å². The molecule has 2 aromatic heterocycles. The predicted octanol–water partition coefficient (Wildman–Crippen LogP) is 4.42. The van der Waals surface area contributed by atoms with Crippen LogP contribution in [0.15, 0.2) is 76.2 Å². The van der Waals surface area contributed by atoms with Crippen LogP contribution < -0.4 is 15.6 Å². The number of methoxy groups -OCH3 is 1. The van der Waals surface area contributed by atoms with Crippen LogP contribution in [0.25, 0.3) is 17.0 Å². The minimum Gasteiger partial charge on any atom is -0.497 e. The molecule has 0 saturated carbocycles. The van der Waals surface area contributed by atoms with Crippen molar-refractivity contribution in [2.24, 2.45) is 0 Å². The number of rotatable bonds is 5. The normalized spacial score (nSPS) is 10.4. The molecule has 0 aliphatic rings. The van der Waals surface area contributed by atoms with Crippen LogP contribution in [0, 0.1) is 18.3 Å².